The number of rotatable bonds is 3. The zero-order valence-corrected chi connectivity index (χ0v) is 25.1. The summed E-state index contributed by atoms with van der Waals surface area (Å²) in [7, 11) is -3.88. The normalized spacial score (nSPS) is 60.5. The van der Waals surface area contributed by atoms with Crippen molar-refractivity contribution >= 4 is 13.8 Å². The number of phosphoric ester groups is 1. The Morgan fingerprint density at radius 2 is 1.86 bits per heavy atom. The Bertz CT molecular complexity index is 1290. The van der Waals surface area contributed by atoms with E-state index in [0.717, 1.165) is 5.57 Å². The Hall–Kier alpha value is -0.960. The van der Waals surface area contributed by atoms with Crippen molar-refractivity contribution in [2.24, 2.45) is 28.6 Å². The lowest BCUT2D eigenvalue weighted by molar-refractivity contribution is -0.361. The topological polar surface area (TPSA) is 191 Å². The molecular formula is C29H41O13P. The van der Waals surface area contributed by atoms with Crippen LogP contribution in [0.4, 0.5) is 0 Å². The van der Waals surface area contributed by atoms with Gasteiger partial charge in [0.15, 0.2) is 6.29 Å². The highest BCUT2D eigenvalue weighted by atomic mass is 31.2. The monoisotopic (exact) mass is 628 g/mol. The number of carbonyl (C=O) groups is 1. The summed E-state index contributed by atoms with van der Waals surface area (Å²) in [6.07, 6.45) is -3.85. The van der Waals surface area contributed by atoms with Crippen LogP contribution in [0.25, 0.3) is 0 Å². The third-order valence-corrected chi connectivity index (χ3v) is 14.4. The number of esters is 1. The largest absolute Gasteiger partial charge is 0.475 e. The number of hydrogen-bond donors (Lipinski definition) is 5. The van der Waals surface area contributed by atoms with Crippen molar-refractivity contribution in [3.8, 4) is 0 Å². The molecule has 1 spiro atoms. The first-order chi connectivity index (χ1) is 20.3. The van der Waals surface area contributed by atoms with Gasteiger partial charge in [-0.25, -0.2) is 9.36 Å². The van der Waals surface area contributed by atoms with Crippen molar-refractivity contribution in [2.45, 2.75) is 119 Å². The first-order valence-electron chi connectivity index (χ1n) is 15.5. The second kappa shape index (κ2) is 9.32. The third-order valence-electron chi connectivity index (χ3n) is 12.8. The van der Waals surface area contributed by atoms with Crippen LogP contribution in [0.3, 0.4) is 0 Å². The van der Waals surface area contributed by atoms with E-state index in [2.05, 4.69) is 0 Å². The van der Waals surface area contributed by atoms with Gasteiger partial charge in [0.2, 0.25) is 0 Å². The molecule has 0 amide bonds. The third kappa shape index (κ3) is 3.70. The number of aliphatic hydroxyl groups excluding tert-OH is 4. The average Bonchev–Trinajstić information content (AvgIpc) is 3.48. The fourth-order valence-electron chi connectivity index (χ4n) is 10.9. The molecule has 0 aromatic heterocycles. The summed E-state index contributed by atoms with van der Waals surface area (Å²) in [5, 5.41) is 55.7. The summed E-state index contributed by atoms with van der Waals surface area (Å²) in [5.74, 6) is -1.30. The minimum absolute atomic E-state index is 0.0497. The Balaban J connectivity index is 1.12. The summed E-state index contributed by atoms with van der Waals surface area (Å²) in [4.78, 5) is 11.9. The van der Waals surface area contributed by atoms with Crippen LogP contribution in [-0.4, -0.2) is 105 Å². The van der Waals surface area contributed by atoms with Gasteiger partial charge in [0.1, 0.15) is 24.9 Å². The number of ether oxygens (including phenoxy) is 3. The number of fused-ring (bicyclic) bond motifs is 4. The molecule has 5 heterocycles. The van der Waals surface area contributed by atoms with Crippen LogP contribution in [0.15, 0.2) is 11.6 Å². The van der Waals surface area contributed by atoms with E-state index in [-0.39, 0.29) is 43.9 Å². The zero-order valence-electron chi connectivity index (χ0n) is 24.2. The summed E-state index contributed by atoms with van der Waals surface area (Å²) in [6, 6.07) is 0. The predicted octanol–water partition coefficient (Wildman–Crippen LogP) is 0.693. The van der Waals surface area contributed by atoms with Gasteiger partial charge in [-0.2, -0.15) is 0 Å². The first-order valence-corrected chi connectivity index (χ1v) is 17.0. The smallest absolute Gasteiger partial charge is 0.458 e. The number of aliphatic hydroxyl groups is 5. The van der Waals surface area contributed by atoms with Crippen molar-refractivity contribution in [1.82, 2.24) is 0 Å². The molecule has 240 valence electrons. The minimum Gasteiger partial charge on any atom is -0.458 e. The Labute approximate surface area is 249 Å². The summed E-state index contributed by atoms with van der Waals surface area (Å²) in [5.41, 5.74) is -2.93. The SMILES string of the molecule is C[C@@H]1O[C@@H](O[C@H]2C[C@H]3OP4(=O)OC[C@]35[C@H]3[C@H](O)C[C@]6(C)[C@@H](C7=CC(=O)OC7)CC[C@]6(O)[C@@H]3CC[C@@]5(C2)O4)[C@H](O)[C@H](O)[C@H]1O. The lowest BCUT2D eigenvalue weighted by Gasteiger charge is -2.73. The highest BCUT2D eigenvalue weighted by Crippen LogP contribution is 2.80. The second-order valence-electron chi connectivity index (χ2n) is 14.5. The molecule has 16 atom stereocenters. The lowest BCUT2D eigenvalue weighted by atomic mass is 9.40. The highest BCUT2D eigenvalue weighted by Gasteiger charge is 2.81. The number of hydrogen-bond acceptors (Lipinski definition) is 13. The second-order valence-corrected chi connectivity index (χ2v) is 16.1. The van der Waals surface area contributed by atoms with Crippen molar-refractivity contribution in [1.29, 1.82) is 0 Å². The molecule has 0 aromatic carbocycles. The van der Waals surface area contributed by atoms with E-state index in [1.54, 1.807) is 6.92 Å². The fourth-order valence-corrected chi connectivity index (χ4v) is 12.8. The molecule has 5 N–H and O–H groups in total. The molecule has 4 saturated heterocycles. The molecule has 9 rings (SSSR count). The van der Waals surface area contributed by atoms with Crippen LogP contribution in [0.2, 0.25) is 0 Å². The summed E-state index contributed by atoms with van der Waals surface area (Å²) in [6.45, 7) is 3.85. The molecule has 4 aliphatic carbocycles. The van der Waals surface area contributed by atoms with Gasteiger partial charge < -0.3 is 39.7 Å². The Morgan fingerprint density at radius 1 is 1.07 bits per heavy atom. The van der Waals surface area contributed by atoms with Gasteiger partial charge in [0, 0.05) is 30.3 Å². The number of cyclic esters (lactones) is 1. The van der Waals surface area contributed by atoms with Gasteiger partial charge in [-0.05, 0) is 56.4 Å². The highest BCUT2D eigenvalue weighted by molar-refractivity contribution is 7.48. The summed E-state index contributed by atoms with van der Waals surface area (Å²) < 4.78 is 48.8. The van der Waals surface area contributed by atoms with Crippen LogP contribution >= 0.6 is 7.82 Å². The quantitative estimate of drug-likeness (QED) is 0.167. The van der Waals surface area contributed by atoms with Crippen LogP contribution in [0.5, 0.6) is 0 Å². The van der Waals surface area contributed by atoms with E-state index in [0.29, 0.717) is 32.1 Å². The van der Waals surface area contributed by atoms with Crippen LogP contribution in [0, 0.1) is 28.6 Å². The first kappa shape index (κ1) is 29.4. The van der Waals surface area contributed by atoms with E-state index < -0.39 is 84.8 Å². The van der Waals surface area contributed by atoms with E-state index in [4.69, 9.17) is 27.8 Å². The molecule has 13 nitrogen and oxygen atoms in total. The Morgan fingerprint density at radius 3 is 2.60 bits per heavy atom. The fraction of sp³-hybridized carbons (Fsp3) is 0.897. The Kier molecular flexibility index (Phi) is 6.38. The average molecular weight is 629 g/mol. The number of carbonyl (C=O) groups excluding carboxylic acids is 1. The van der Waals surface area contributed by atoms with E-state index in [1.165, 1.54) is 6.08 Å². The molecule has 4 bridgehead atoms. The molecule has 1 unspecified atom stereocenters. The van der Waals surface area contributed by atoms with E-state index in [9.17, 15) is 34.9 Å². The van der Waals surface area contributed by atoms with Gasteiger partial charge >= 0.3 is 13.8 Å². The molecular weight excluding hydrogens is 587 g/mol. The lowest BCUT2D eigenvalue weighted by Crippen LogP contribution is -2.79. The maximum atomic E-state index is 13.5. The van der Waals surface area contributed by atoms with Crippen LogP contribution in [0.1, 0.15) is 58.8 Å². The maximum Gasteiger partial charge on any atom is 0.475 e. The molecule has 14 heteroatoms. The minimum atomic E-state index is -3.88. The van der Waals surface area contributed by atoms with Gasteiger partial charge in [-0.1, -0.05) is 6.92 Å². The standard InChI is InChI=1S/C29H41O13P/c1-13-22(32)23(33)24(34)25(39-13)40-15-8-19-28-12-38-43(36,41-19)42-27(28,9-15)5-3-17-21(28)18(30)10-26(2)16(4-6-29(17,26)35)14-7-20(31)37-11-14/h7,13,15-19,21-25,30,32-35H,3-6,8-12H2,1-2H3/t13-,15-,16+,17+,18+,19+,21+,22-,23+,24+,25-,26+,27-,28+,29-,43?/m0/s1. The van der Waals surface area contributed by atoms with Gasteiger partial charge in [-0.3, -0.25) is 13.6 Å². The van der Waals surface area contributed by atoms with Crippen LogP contribution < -0.4 is 0 Å². The molecule has 43 heavy (non-hydrogen) atoms. The molecule has 8 fully saturated rings. The zero-order chi connectivity index (χ0) is 30.3. The maximum absolute atomic E-state index is 13.5. The number of phosphoric acid groups is 1. The molecule has 5 aliphatic heterocycles. The van der Waals surface area contributed by atoms with Crippen LogP contribution in [-0.2, 0) is 37.1 Å². The van der Waals surface area contributed by atoms with Crippen molar-refractivity contribution in [3.63, 3.8) is 0 Å². The van der Waals surface area contributed by atoms with Gasteiger partial charge in [0.25, 0.3) is 0 Å². The summed E-state index contributed by atoms with van der Waals surface area (Å²) >= 11 is 0. The molecule has 4 saturated carbocycles. The van der Waals surface area contributed by atoms with E-state index in [1.807, 2.05) is 6.92 Å². The molecule has 0 radical (unpaired) electrons. The molecule has 0 aromatic rings. The van der Waals surface area contributed by atoms with Crippen molar-refractivity contribution in [2.75, 3.05) is 13.2 Å². The predicted molar refractivity (Wildman–Crippen MR) is 143 cm³/mol. The van der Waals surface area contributed by atoms with Crippen molar-refractivity contribution < 1.29 is 62.7 Å². The van der Waals surface area contributed by atoms with E-state index >= 15 is 0 Å². The molecule has 9 aliphatic rings. The van der Waals surface area contributed by atoms with Gasteiger partial charge in [-0.15, -0.1) is 0 Å². The van der Waals surface area contributed by atoms with Crippen molar-refractivity contribution in [3.05, 3.63) is 11.6 Å². The van der Waals surface area contributed by atoms with Gasteiger partial charge in [0.05, 0.1) is 47.6 Å².